The quantitative estimate of drug-likeness (QED) is 0.472. The largest absolute Gasteiger partial charge is 0.497 e. The number of rotatable bonds is 11. The highest BCUT2D eigenvalue weighted by Crippen LogP contribution is 2.26. The first kappa shape index (κ1) is 24.7. The van der Waals surface area contributed by atoms with Gasteiger partial charge in [0.2, 0.25) is 0 Å². The summed E-state index contributed by atoms with van der Waals surface area (Å²) < 4.78 is 5.23. The summed E-state index contributed by atoms with van der Waals surface area (Å²) in [5, 5.41) is 12.2. The Bertz CT molecular complexity index is 927. The first-order valence-corrected chi connectivity index (χ1v) is 11.7. The molecule has 0 aliphatic heterocycles. The number of ether oxygens (including phenoxy) is 1. The van der Waals surface area contributed by atoms with Crippen LogP contribution in [0.2, 0.25) is 0 Å². The standard InChI is InChI=1S/C26H35N3O4/c1-33-22-12-7-11-20(16-22)25(30)28-24-13-6-5-10-21(24)18-29(15-14-23(27)26(31)32)17-19-8-3-2-4-9-19/h5-7,10-13,16,19,23H,2-4,8-9,14-15,17-18,27H2,1H3,(H,28,30)(H,31,32)/t23-/m0/s1. The normalized spacial score (nSPS) is 15.2. The molecule has 7 nitrogen and oxygen atoms in total. The third kappa shape index (κ3) is 7.58. The van der Waals surface area contributed by atoms with Crippen LogP contribution in [-0.2, 0) is 11.3 Å². The van der Waals surface area contributed by atoms with Crippen LogP contribution in [0.5, 0.6) is 5.75 Å². The number of carbonyl (C=O) groups excluding carboxylic acids is 1. The fourth-order valence-electron chi connectivity index (χ4n) is 4.39. The van der Waals surface area contributed by atoms with Crippen LogP contribution in [0, 0.1) is 5.92 Å². The molecule has 0 radical (unpaired) electrons. The molecule has 1 amide bonds. The van der Waals surface area contributed by atoms with Crippen LogP contribution in [0.1, 0.15) is 54.4 Å². The van der Waals surface area contributed by atoms with Crippen LogP contribution in [0.25, 0.3) is 0 Å². The highest BCUT2D eigenvalue weighted by Gasteiger charge is 2.21. The van der Waals surface area contributed by atoms with Gasteiger partial charge in [0.05, 0.1) is 7.11 Å². The lowest BCUT2D eigenvalue weighted by molar-refractivity contribution is -0.138. The van der Waals surface area contributed by atoms with Crippen LogP contribution in [0.3, 0.4) is 0 Å². The van der Waals surface area contributed by atoms with E-state index in [4.69, 9.17) is 10.5 Å². The molecular weight excluding hydrogens is 418 g/mol. The van der Waals surface area contributed by atoms with Gasteiger partial charge in [-0.25, -0.2) is 0 Å². The van der Waals surface area contributed by atoms with Crippen molar-refractivity contribution in [3.8, 4) is 5.75 Å². The average Bonchev–Trinajstić information content (AvgIpc) is 2.84. The Morgan fingerprint density at radius 1 is 1.15 bits per heavy atom. The van der Waals surface area contributed by atoms with Crippen molar-refractivity contribution < 1.29 is 19.4 Å². The average molecular weight is 454 g/mol. The molecule has 1 aliphatic carbocycles. The number of carbonyl (C=O) groups is 2. The fourth-order valence-corrected chi connectivity index (χ4v) is 4.39. The molecular formula is C26H35N3O4. The first-order valence-electron chi connectivity index (χ1n) is 11.7. The molecule has 1 aliphatic rings. The van der Waals surface area contributed by atoms with E-state index in [1.165, 1.54) is 32.1 Å². The number of hydrogen-bond acceptors (Lipinski definition) is 5. The van der Waals surface area contributed by atoms with Crippen molar-refractivity contribution in [2.75, 3.05) is 25.5 Å². The smallest absolute Gasteiger partial charge is 0.320 e. The van der Waals surface area contributed by atoms with Gasteiger partial charge in [-0.05, 0) is 55.0 Å². The fraction of sp³-hybridized carbons (Fsp3) is 0.462. The van der Waals surface area contributed by atoms with Crippen molar-refractivity contribution in [1.82, 2.24) is 4.90 Å². The summed E-state index contributed by atoms with van der Waals surface area (Å²) in [6.07, 6.45) is 6.59. The maximum absolute atomic E-state index is 12.9. The molecule has 3 rings (SSSR count). The second-order valence-electron chi connectivity index (χ2n) is 8.82. The number of aliphatic carboxylic acids is 1. The van der Waals surface area contributed by atoms with E-state index >= 15 is 0 Å². The van der Waals surface area contributed by atoms with Gasteiger partial charge in [0, 0.05) is 30.9 Å². The predicted molar refractivity (Wildman–Crippen MR) is 129 cm³/mol. The maximum Gasteiger partial charge on any atom is 0.320 e. The van der Waals surface area contributed by atoms with Gasteiger partial charge in [0.1, 0.15) is 11.8 Å². The van der Waals surface area contributed by atoms with Gasteiger partial charge in [-0.15, -0.1) is 0 Å². The third-order valence-electron chi connectivity index (χ3n) is 6.31. The van der Waals surface area contributed by atoms with Gasteiger partial charge in [0.25, 0.3) is 5.91 Å². The Kier molecular flexibility index (Phi) is 9.27. The topological polar surface area (TPSA) is 105 Å². The number of benzene rings is 2. The molecule has 2 aromatic carbocycles. The van der Waals surface area contributed by atoms with Crippen LogP contribution in [0.4, 0.5) is 5.69 Å². The predicted octanol–water partition coefficient (Wildman–Crippen LogP) is 4.13. The van der Waals surface area contributed by atoms with Gasteiger partial charge < -0.3 is 20.9 Å². The third-order valence-corrected chi connectivity index (χ3v) is 6.31. The molecule has 0 bridgehead atoms. The van der Waals surface area contributed by atoms with Gasteiger partial charge in [-0.3, -0.25) is 14.5 Å². The molecule has 1 atom stereocenters. The van der Waals surface area contributed by atoms with Gasteiger partial charge >= 0.3 is 5.97 Å². The number of hydrogen-bond donors (Lipinski definition) is 3. The van der Waals surface area contributed by atoms with E-state index in [1.807, 2.05) is 24.3 Å². The zero-order valence-electron chi connectivity index (χ0n) is 19.3. The Hall–Kier alpha value is -2.90. The summed E-state index contributed by atoms with van der Waals surface area (Å²) in [4.78, 5) is 26.4. The number of nitrogens with one attached hydrogen (secondary N) is 1. The maximum atomic E-state index is 12.9. The van der Waals surface area contributed by atoms with E-state index in [1.54, 1.807) is 31.4 Å². The number of carboxylic acids is 1. The molecule has 0 saturated heterocycles. The van der Waals surface area contributed by atoms with Crippen LogP contribution < -0.4 is 15.8 Å². The van der Waals surface area contributed by atoms with E-state index in [0.29, 0.717) is 36.7 Å². The lowest BCUT2D eigenvalue weighted by Gasteiger charge is -2.30. The molecule has 1 fully saturated rings. The summed E-state index contributed by atoms with van der Waals surface area (Å²) in [6.45, 7) is 2.13. The molecule has 0 aromatic heterocycles. The van der Waals surface area contributed by atoms with Crippen molar-refractivity contribution in [1.29, 1.82) is 0 Å². The van der Waals surface area contributed by atoms with E-state index < -0.39 is 12.0 Å². The highest BCUT2D eigenvalue weighted by atomic mass is 16.5. The Labute approximate surface area is 195 Å². The van der Waals surface area contributed by atoms with E-state index in [2.05, 4.69) is 10.2 Å². The summed E-state index contributed by atoms with van der Waals surface area (Å²) in [5.74, 6) is 0.0642. The van der Waals surface area contributed by atoms with Crippen LogP contribution in [0.15, 0.2) is 48.5 Å². The molecule has 4 N–H and O–H groups in total. The van der Waals surface area contributed by atoms with Crippen molar-refractivity contribution in [2.45, 2.75) is 51.1 Å². The second kappa shape index (κ2) is 12.4. The van der Waals surface area contributed by atoms with Crippen molar-refractivity contribution >= 4 is 17.6 Å². The zero-order chi connectivity index (χ0) is 23.6. The number of methoxy groups -OCH3 is 1. The highest BCUT2D eigenvalue weighted by molar-refractivity contribution is 6.04. The number of para-hydroxylation sites is 1. The van der Waals surface area contributed by atoms with Crippen molar-refractivity contribution in [3.63, 3.8) is 0 Å². The molecule has 0 heterocycles. The molecule has 178 valence electrons. The summed E-state index contributed by atoms with van der Waals surface area (Å²) in [7, 11) is 1.57. The minimum Gasteiger partial charge on any atom is -0.497 e. The van der Waals surface area contributed by atoms with Crippen LogP contribution in [-0.4, -0.2) is 48.1 Å². The van der Waals surface area contributed by atoms with Gasteiger partial charge in [-0.1, -0.05) is 43.5 Å². The van der Waals surface area contributed by atoms with Crippen molar-refractivity contribution in [2.24, 2.45) is 11.7 Å². The lowest BCUT2D eigenvalue weighted by atomic mass is 9.88. The zero-order valence-corrected chi connectivity index (χ0v) is 19.3. The number of anilines is 1. The Morgan fingerprint density at radius 2 is 1.91 bits per heavy atom. The minimum absolute atomic E-state index is 0.201. The van der Waals surface area contributed by atoms with Gasteiger partial charge in [-0.2, -0.15) is 0 Å². The first-order chi connectivity index (χ1) is 16.0. The van der Waals surface area contributed by atoms with Crippen LogP contribution >= 0.6 is 0 Å². The molecule has 1 saturated carbocycles. The number of nitrogens with two attached hydrogens (primary N) is 1. The summed E-state index contributed by atoms with van der Waals surface area (Å²) in [5.41, 5.74) is 8.05. The number of amides is 1. The van der Waals surface area contributed by atoms with E-state index in [-0.39, 0.29) is 5.91 Å². The SMILES string of the molecule is COc1cccc(C(=O)Nc2ccccc2CN(CC[C@H](N)C(=O)O)CC2CCCCC2)c1. The molecule has 7 heteroatoms. The molecule has 0 unspecified atom stereocenters. The van der Waals surface area contributed by atoms with Gasteiger partial charge in [0.15, 0.2) is 0 Å². The number of nitrogens with zero attached hydrogens (tertiary/aromatic N) is 1. The Balaban J connectivity index is 1.73. The number of carboxylic acid groups (broad SMARTS) is 1. The van der Waals surface area contributed by atoms with Crippen molar-refractivity contribution in [3.05, 3.63) is 59.7 Å². The molecule has 2 aromatic rings. The Morgan fingerprint density at radius 3 is 2.64 bits per heavy atom. The molecule has 0 spiro atoms. The lowest BCUT2D eigenvalue weighted by Crippen LogP contribution is -2.37. The summed E-state index contributed by atoms with van der Waals surface area (Å²) >= 11 is 0. The molecule has 33 heavy (non-hydrogen) atoms. The minimum atomic E-state index is -0.974. The monoisotopic (exact) mass is 453 g/mol. The van der Waals surface area contributed by atoms with E-state index in [9.17, 15) is 14.7 Å². The van der Waals surface area contributed by atoms with E-state index in [0.717, 1.165) is 17.8 Å². The second-order valence-corrected chi connectivity index (χ2v) is 8.82. The summed E-state index contributed by atoms with van der Waals surface area (Å²) in [6, 6.07) is 13.9.